The van der Waals surface area contributed by atoms with Gasteiger partial charge in [0.1, 0.15) is 11.4 Å². The average Bonchev–Trinajstić information content (AvgIpc) is 2.29. The predicted molar refractivity (Wildman–Crippen MR) is 59.8 cm³/mol. The lowest BCUT2D eigenvalue weighted by molar-refractivity contribution is -0.384. The number of anilines is 1. The molecule has 0 aliphatic rings. The molecule has 88 valence electrons. The summed E-state index contributed by atoms with van der Waals surface area (Å²) in [4.78, 5) is 10.3. The first-order valence-corrected chi connectivity index (χ1v) is 4.86. The highest BCUT2D eigenvalue weighted by atomic mass is 16.6. The second-order valence-electron chi connectivity index (χ2n) is 3.14. The van der Waals surface area contributed by atoms with Crippen molar-refractivity contribution >= 4 is 11.4 Å². The van der Waals surface area contributed by atoms with Crippen molar-refractivity contribution in [3.05, 3.63) is 28.3 Å². The Morgan fingerprint density at radius 2 is 2.31 bits per heavy atom. The fourth-order valence-electron chi connectivity index (χ4n) is 1.25. The van der Waals surface area contributed by atoms with Gasteiger partial charge in [0, 0.05) is 25.3 Å². The van der Waals surface area contributed by atoms with Gasteiger partial charge in [0.15, 0.2) is 0 Å². The maximum atomic E-state index is 10.7. The molecule has 0 atom stereocenters. The topological polar surface area (TPSA) is 84.6 Å². The van der Waals surface area contributed by atoms with Gasteiger partial charge in [0.25, 0.3) is 5.69 Å². The number of ether oxygens (including phenoxy) is 1. The van der Waals surface area contributed by atoms with Gasteiger partial charge in [-0.25, -0.2) is 0 Å². The number of nitrogens with one attached hydrogen (secondary N) is 1. The van der Waals surface area contributed by atoms with Crippen LogP contribution in [-0.2, 0) is 0 Å². The maximum Gasteiger partial charge on any atom is 0.292 e. The standard InChI is InChI=1S/C10H14N2O4/c1-16-8-3-4-10(12(14)15)9(7-8)11-5-2-6-13/h3-4,7,11,13H,2,5-6H2,1H3. The summed E-state index contributed by atoms with van der Waals surface area (Å²) in [5.74, 6) is 0.553. The maximum absolute atomic E-state index is 10.7. The molecule has 0 amide bonds. The van der Waals surface area contributed by atoms with Gasteiger partial charge in [0.2, 0.25) is 0 Å². The number of nitro benzene ring substituents is 1. The second-order valence-corrected chi connectivity index (χ2v) is 3.14. The molecular weight excluding hydrogens is 212 g/mol. The van der Waals surface area contributed by atoms with E-state index >= 15 is 0 Å². The first-order chi connectivity index (χ1) is 7.69. The zero-order chi connectivity index (χ0) is 12.0. The number of rotatable bonds is 6. The monoisotopic (exact) mass is 226 g/mol. The van der Waals surface area contributed by atoms with Crippen molar-refractivity contribution in [1.82, 2.24) is 0 Å². The Bertz CT molecular complexity index is 368. The smallest absolute Gasteiger partial charge is 0.292 e. The summed E-state index contributed by atoms with van der Waals surface area (Å²) in [6.07, 6.45) is 0.536. The fourth-order valence-corrected chi connectivity index (χ4v) is 1.25. The molecule has 0 unspecified atom stereocenters. The first-order valence-electron chi connectivity index (χ1n) is 4.86. The summed E-state index contributed by atoms with van der Waals surface area (Å²) in [5.41, 5.74) is 0.400. The van der Waals surface area contributed by atoms with Gasteiger partial charge < -0.3 is 15.2 Å². The molecule has 0 aliphatic heterocycles. The van der Waals surface area contributed by atoms with E-state index in [1.807, 2.05) is 0 Å². The Morgan fingerprint density at radius 1 is 1.56 bits per heavy atom. The van der Waals surface area contributed by atoms with Crippen molar-refractivity contribution in [1.29, 1.82) is 0 Å². The van der Waals surface area contributed by atoms with Crippen molar-refractivity contribution in [2.75, 3.05) is 25.6 Å². The van der Waals surface area contributed by atoms with E-state index in [-0.39, 0.29) is 12.3 Å². The van der Waals surface area contributed by atoms with Gasteiger partial charge in [-0.05, 0) is 12.5 Å². The van der Waals surface area contributed by atoms with Crippen LogP contribution in [-0.4, -0.2) is 30.3 Å². The number of benzene rings is 1. The minimum atomic E-state index is -0.458. The van der Waals surface area contributed by atoms with Crippen LogP contribution in [0.15, 0.2) is 18.2 Å². The van der Waals surface area contributed by atoms with Crippen molar-refractivity contribution in [2.24, 2.45) is 0 Å². The van der Waals surface area contributed by atoms with E-state index in [1.165, 1.54) is 19.2 Å². The molecule has 0 bridgehead atoms. The molecule has 0 aliphatic carbocycles. The molecule has 1 rings (SSSR count). The lowest BCUT2D eigenvalue weighted by Gasteiger charge is -2.07. The molecule has 0 radical (unpaired) electrons. The largest absolute Gasteiger partial charge is 0.497 e. The minimum Gasteiger partial charge on any atom is -0.497 e. The second kappa shape index (κ2) is 5.92. The third-order valence-electron chi connectivity index (χ3n) is 2.05. The van der Waals surface area contributed by atoms with Gasteiger partial charge in [-0.15, -0.1) is 0 Å². The van der Waals surface area contributed by atoms with Gasteiger partial charge in [-0.2, -0.15) is 0 Å². The van der Waals surface area contributed by atoms with Crippen molar-refractivity contribution < 1.29 is 14.8 Å². The SMILES string of the molecule is COc1ccc([N+](=O)[O-])c(NCCCO)c1. The number of hydrogen-bond acceptors (Lipinski definition) is 5. The van der Waals surface area contributed by atoms with E-state index in [1.54, 1.807) is 6.07 Å². The number of methoxy groups -OCH3 is 1. The molecule has 16 heavy (non-hydrogen) atoms. The molecule has 1 aromatic rings. The molecule has 0 spiro atoms. The highest BCUT2D eigenvalue weighted by molar-refractivity contribution is 5.64. The van der Waals surface area contributed by atoms with Crippen molar-refractivity contribution in [2.45, 2.75) is 6.42 Å². The Labute approximate surface area is 93.0 Å². The number of aliphatic hydroxyl groups excluding tert-OH is 1. The summed E-state index contributed by atoms with van der Waals surface area (Å²) in [7, 11) is 1.50. The molecule has 6 heteroatoms. The Kier molecular flexibility index (Phi) is 4.53. The van der Waals surface area contributed by atoms with Crippen LogP contribution in [0, 0.1) is 10.1 Å². The number of hydrogen-bond donors (Lipinski definition) is 2. The zero-order valence-electron chi connectivity index (χ0n) is 8.97. The molecule has 0 heterocycles. The summed E-state index contributed by atoms with van der Waals surface area (Å²) < 4.78 is 4.98. The van der Waals surface area contributed by atoms with Crippen LogP contribution < -0.4 is 10.1 Å². The molecule has 0 saturated heterocycles. The molecule has 6 nitrogen and oxygen atoms in total. The van der Waals surface area contributed by atoms with Gasteiger partial charge in [-0.3, -0.25) is 10.1 Å². The van der Waals surface area contributed by atoms with E-state index in [0.717, 1.165) is 0 Å². The minimum absolute atomic E-state index is 0.00117. The predicted octanol–water partition coefficient (Wildman–Crippen LogP) is 1.40. The summed E-state index contributed by atoms with van der Waals surface area (Å²) in [6, 6.07) is 4.49. The summed E-state index contributed by atoms with van der Waals surface area (Å²) in [5, 5.41) is 22.2. The van der Waals surface area contributed by atoms with Crippen LogP contribution in [0.4, 0.5) is 11.4 Å². The van der Waals surface area contributed by atoms with Crippen LogP contribution in [0.1, 0.15) is 6.42 Å². The normalized spacial score (nSPS) is 9.88. The third kappa shape index (κ3) is 3.09. The highest BCUT2D eigenvalue weighted by Crippen LogP contribution is 2.28. The Hall–Kier alpha value is -1.82. The van der Waals surface area contributed by atoms with E-state index in [0.29, 0.717) is 24.4 Å². The molecular formula is C10H14N2O4. The number of nitrogens with zero attached hydrogens (tertiary/aromatic N) is 1. The summed E-state index contributed by atoms with van der Waals surface area (Å²) >= 11 is 0. The van der Waals surface area contributed by atoms with Crippen LogP contribution in [0.25, 0.3) is 0 Å². The van der Waals surface area contributed by atoms with Gasteiger partial charge in [-0.1, -0.05) is 0 Å². The van der Waals surface area contributed by atoms with Crippen LogP contribution in [0.2, 0.25) is 0 Å². The average molecular weight is 226 g/mol. The zero-order valence-corrected chi connectivity index (χ0v) is 8.97. The molecule has 0 aromatic heterocycles. The Balaban J connectivity index is 2.87. The summed E-state index contributed by atoms with van der Waals surface area (Å²) in [6.45, 7) is 0.523. The first kappa shape index (κ1) is 12.3. The molecule has 0 saturated carbocycles. The van der Waals surface area contributed by atoms with Crippen LogP contribution >= 0.6 is 0 Å². The van der Waals surface area contributed by atoms with E-state index in [9.17, 15) is 10.1 Å². The van der Waals surface area contributed by atoms with E-state index in [4.69, 9.17) is 9.84 Å². The Morgan fingerprint density at radius 3 is 2.88 bits per heavy atom. The van der Waals surface area contributed by atoms with E-state index < -0.39 is 4.92 Å². The fraction of sp³-hybridized carbons (Fsp3) is 0.400. The van der Waals surface area contributed by atoms with Gasteiger partial charge >= 0.3 is 0 Å². The highest BCUT2D eigenvalue weighted by Gasteiger charge is 2.13. The van der Waals surface area contributed by atoms with E-state index in [2.05, 4.69) is 5.32 Å². The van der Waals surface area contributed by atoms with Crippen molar-refractivity contribution in [3.63, 3.8) is 0 Å². The van der Waals surface area contributed by atoms with Crippen LogP contribution in [0.3, 0.4) is 0 Å². The molecule has 2 N–H and O–H groups in total. The lowest BCUT2D eigenvalue weighted by atomic mass is 10.2. The quantitative estimate of drug-likeness (QED) is 0.435. The third-order valence-corrected chi connectivity index (χ3v) is 2.05. The number of aliphatic hydroxyl groups is 1. The lowest BCUT2D eigenvalue weighted by Crippen LogP contribution is -2.06. The van der Waals surface area contributed by atoms with Crippen LogP contribution in [0.5, 0.6) is 5.75 Å². The molecule has 0 fully saturated rings. The van der Waals surface area contributed by atoms with Gasteiger partial charge in [0.05, 0.1) is 12.0 Å². The van der Waals surface area contributed by atoms with Crippen molar-refractivity contribution in [3.8, 4) is 5.75 Å². The molecule has 1 aromatic carbocycles. The number of nitro groups is 1.